The minimum atomic E-state index is -0.353. The highest BCUT2D eigenvalue weighted by atomic mass is 35.5. The first kappa shape index (κ1) is 22.7. The molecule has 1 aromatic heterocycles. The molecule has 1 fully saturated rings. The van der Waals surface area contributed by atoms with E-state index in [4.69, 9.17) is 21.1 Å². The van der Waals surface area contributed by atoms with Gasteiger partial charge in [-0.2, -0.15) is 0 Å². The smallest absolute Gasteiger partial charge is 0.410 e. The standard InChI is InChI=1S/C26H28ClN3O4/c1-2-33-26(32)30-12-11-20-21-14-18(27)9-10-22(21)29-23(20)24(30)16-5-7-17(8-6-16)25(31)28-15-19-4-3-13-34-19/h5-10,14,19,24,29H,2-4,11-13,15H2,1H3,(H,28,31). The van der Waals surface area contributed by atoms with E-state index in [1.165, 1.54) is 0 Å². The highest BCUT2D eigenvalue weighted by Crippen LogP contribution is 2.39. The van der Waals surface area contributed by atoms with Gasteiger partial charge in [0, 0.05) is 46.9 Å². The number of halogens is 1. The third-order valence-electron chi connectivity index (χ3n) is 6.59. The van der Waals surface area contributed by atoms with E-state index in [1.807, 2.05) is 30.3 Å². The topological polar surface area (TPSA) is 83.7 Å². The molecule has 2 aliphatic rings. The van der Waals surface area contributed by atoms with Crippen molar-refractivity contribution >= 4 is 34.5 Å². The number of hydrogen-bond acceptors (Lipinski definition) is 4. The third-order valence-corrected chi connectivity index (χ3v) is 6.83. The van der Waals surface area contributed by atoms with Crippen LogP contribution in [-0.2, 0) is 15.9 Å². The van der Waals surface area contributed by atoms with Crippen LogP contribution >= 0.6 is 11.6 Å². The molecule has 0 spiro atoms. The van der Waals surface area contributed by atoms with E-state index < -0.39 is 0 Å². The van der Waals surface area contributed by atoms with Crippen molar-refractivity contribution in [1.82, 2.24) is 15.2 Å². The number of aromatic nitrogens is 1. The third kappa shape index (κ3) is 4.38. The van der Waals surface area contributed by atoms with E-state index in [0.29, 0.717) is 36.7 Å². The van der Waals surface area contributed by atoms with E-state index in [-0.39, 0.29) is 24.1 Å². The summed E-state index contributed by atoms with van der Waals surface area (Å²) in [4.78, 5) is 30.7. The Morgan fingerprint density at radius 3 is 2.79 bits per heavy atom. The number of amides is 2. The van der Waals surface area contributed by atoms with Crippen molar-refractivity contribution in [2.24, 2.45) is 0 Å². The summed E-state index contributed by atoms with van der Waals surface area (Å²) < 4.78 is 10.9. The first-order valence-corrected chi connectivity index (χ1v) is 12.2. The number of carbonyl (C=O) groups excluding carboxylic acids is 2. The summed E-state index contributed by atoms with van der Waals surface area (Å²) in [7, 11) is 0. The normalized spacial score (nSPS) is 19.8. The Labute approximate surface area is 203 Å². The van der Waals surface area contributed by atoms with Crippen molar-refractivity contribution in [3.8, 4) is 0 Å². The summed E-state index contributed by atoms with van der Waals surface area (Å²) in [6.45, 7) is 3.91. The van der Waals surface area contributed by atoms with Crippen molar-refractivity contribution in [2.75, 3.05) is 26.3 Å². The Balaban J connectivity index is 1.45. The largest absolute Gasteiger partial charge is 0.450 e. The fourth-order valence-electron chi connectivity index (χ4n) is 4.94. The lowest BCUT2D eigenvalue weighted by Gasteiger charge is -2.35. The first-order valence-electron chi connectivity index (χ1n) is 11.8. The number of nitrogens with one attached hydrogen (secondary N) is 2. The summed E-state index contributed by atoms with van der Waals surface area (Å²) in [5, 5.41) is 4.70. The van der Waals surface area contributed by atoms with Crippen LogP contribution in [0.1, 0.15) is 53.0 Å². The van der Waals surface area contributed by atoms with Crippen LogP contribution in [0.5, 0.6) is 0 Å². The number of nitrogens with zero attached hydrogens (tertiary/aromatic N) is 1. The van der Waals surface area contributed by atoms with Crippen LogP contribution in [0, 0.1) is 0 Å². The monoisotopic (exact) mass is 481 g/mol. The second kappa shape index (κ2) is 9.68. The van der Waals surface area contributed by atoms with Crippen molar-refractivity contribution < 1.29 is 19.1 Å². The summed E-state index contributed by atoms with van der Waals surface area (Å²) in [5.41, 5.74) is 4.56. The van der Waals surface area contributed by atoms with Gasteiger partial charge >= 0.3 is 6.09 Å². The van der Waals surface area contributed by atoms with Crippen LogP contribution in [0.3, 0.4) is 0 Å². The molecule has 2 atom stereocenters. The first-order chi connectivity index (χ1) is 16.5. The van der Waals surface area contributed by atoms with E-state index in [0.717, 1.165) is 47.2 Å². The molecule has 1 saturated heterocycles. The molecule has 0 saturated carbocycles. The van der Waals surface area contributed by atoms with Gasteiger partial charge in [0.2, 0.25) is 0 Å². The Hall–Kier alpha value is -3.03. The van der Waals surface area contributed by atoms with Crippen LogP contribution in [0.25, 0.3) is 10.9 Å². The molecule has 0 aliphatic carbocycles. The van der Waals surface area contributed by atoms with E-state index in [9.17, 15) is 9.59 Å². The molecule has 3 aromatic rings. The zero-order valence-electron chi connectivity index (χ0n) is 19.1. The molecule has 0 bridgehead atoms. The lowest BCUT2D eigenvalue weighted by Crippen LogP contribution is -2.41. The summed E-state index contributed by atoms with van der Waals surface area (Å²) in [6, 6.07) is 12.9. The summed E-state index contributed by atoms with van der Waals surface area (Å²) >= 11 is 6.26. The predicted molar refractivity (Wildman–Crippen MR) is 130 cm³/mol. The number of rotatable bonds is 5. The highest BCUT2D eigenvalue weighted by Gasteiger charge is 2.35. The zero-order valence-corrected chi connectivity index (χ0v) is 19.9. The van der Waals surface area contributed by atoms with E-state index in [1.54, 1.807) is 24.0 Å². The Morgan fingerprint density at radius 2 is 2.06 bits per heavy atom. The molecule has 5 rings (SSSR count). The van der Waals surface area contributed by atoms with Crippen LogP contribution < -0.4 is 5.32 Å². The lowest BCUT2D eigenvalue weighted by atomic mass is 9.92. The van der Waals surface area contributed by atoms with Crippen LogP contribution in [0.15, 0.2) is 42.5 Å². The molecule has 3 heterocycles. The molecule has 178 valence electrons. The second-order valence-electron chi connectivity index (χ2n) is 8.72. The summed E-state index contributed by atoms with van der Waals surface area (Å²) in [5.74, 6) is -0.131. The minimum Gasteiger partial charge on any atom is -0.450 e. The van der Waals surface area contributed by atoms with Crippen LogP contribution in [0.4, 0.5) is 4.79 Å². The van der Waals surface area contributed by atoms with Crippen molar-refractivity contribution in [2.45, 2.75) is 38.3 Å². The molecule has 8 heteroatoms. The minimum absolute atomic E-state index is 0.0949. The van der Waals surface area contributed by atoms with Crippen molar-refractivity contribution in [3.05, 3.63) is 69.9 Å². The SMILES string of the molecule is CCOC(=O)N1CCc2c([nH]c3ccc(Cl)cc23)C1c1ccc(C(=O)NCC2CCCO2)cc1. The van der Waals surface area contributed by atoms with Gasteiger partial charge in [-0.05, 0) is 67.6 Å². The maximum atomic E-state index is 12.8. The average Bonchev–Trinajstić information content (AvgIpc) is 3.50. The van der Waals surface area contributed by atoms with Gasteiger partial charge in [0.1, 0.15) is 6.04 Å². The Kier molecular flexibility index (Phi) is 6.48. The van der Waals surface area contributed by atoms with Gasteiger partial charge in [0.15, 0.2) is 0 Å². The molecule has 2 unspecified atom stereocenters. The van der Waals surface area contributed by atoms with Crippen molar-refractivity contribution in [3.63, 3.8) is 0 Å². The molecule has 0 radical (unpaired) electrons. The second-order valence-corrected chi connectivity index (χ2v) is 9.16. The molecule has 7 nitrogen and oxygen atoms in total. The fourth-order valence-corrected chi connectivity index (χ4v) is 5.11. The van der Waals surface area contributed by atoms with Gasteiger partial charge in [-0.1, -0.05) is 23.7 Å². The molecule has 2 N–H and O–H groups in total. The number of carbonyl (C=O) groups is 2. The van der Waals surface area contributed by atoms with Crippen LogP contribution in [0.2, 0.25) is 5.02 Å². The zero-order chi connectivity index (χ0) is 23.7. The maximum absolute atomic E-state index is 12.8. The van der Waals surface area contributed by atoms with Crippen molar-refractivity contribution in [1.29, 1.82) is 0 Å². The van der Waals surface area contributed by atoms with E-state index in [2.05, 4.69) is 10.3 Å². The van der Waals surface area contributed by atoms with Gasteiger partial charge < -0.3 is 19.8 Å². The van der Waals surface area contributed by atoms with Gasteiger partial charge in [0.25, 0.3) is 5.91 Å². The maximum Gasteiger partial charge on any atom is 0.410 e. The number of H-pyrrole nitrogens is 1. The molecular weight excluding hydrogens is 454 g/mol. The number of aromatic amines is 1. The molecule has 34 heavy (non-hydrogen) atoms. The van der Waals surface area contributed by atoms with Gasteiger partial charge in [-0.25, -0.2) is 4.79 Å². The average molecular weight is 482 g/mol. The van der Waals surface area contributed by atoms with Gasteiger partial charge in [0.05, 0.1) is 12.7 Å². The Morgan fingerprint density at radius 1 is 1.24 bits per heavy atom. The molecule has 2 amide bonds. The quantitative estimate of drug-likeness (QED) is 0.546. The van der Waals surface area contributed by atoms with Gasteiger partial charge in [-0.3, -0.25) is 9.69 Å². The molecule has 2 aliphatic heterocycles. The highest BCUT2D eigenvalue weighted by molar-refractivity contribution is 6.31. The lowest BCUT2D eigenvalue weighted by molar-refractivity contribution is 0.0856. The molecular formula is C26H28ClN3O4. The predicted octanol–water partition coefficient (Wildman–Crippen LogP) is 4.83. The number of benzene rings is 2. The van der Waals surface area contributed by atoms with Crippen LogP contribution in [-0.4, -0.2) is 54.3 Å². The number of fused-ring (bicyclic) bond motifs is 3. The number of ether oxygens (including phenoxy) is 2. The Bertz CT molecular complexity index is 1200. The number of hydrogen-bond donors (Lipinski definition) is 2. The summed E-state index contributed by atoms with van der Waals surface area (Å²) in [6.07, 6.45) is 2.46. The fraction of sp³-hybridized carbons (Fsp3) is 0.385. The van der Waals surface area contributed by atoms with Gasteiger partial charge in [-0.15, -0.1) is 0 Å². The van der Waals surface area contributed by atoms with E-state index >= 15 is 0 Å². The molecule has 2 aromatic carbocycles.